The zero-order valence-corrected chi connectivity index (χ0v) is 19.3. The number of hydrogen-bond acceptors (Lipinski definition) is 7. The van der Waals surface area contributed by atoms with Gasteiger partial charge in [0, 0.05) is 12.3 Å². The SMILES string of the molecule is COC(=O)c1cc(S(C)(=O)=O)c(Oc2ccc(S(=O)OC)c(S(F)(F)(F)(F)F)c2)cc1C. The Kier molecular flexibility index (Phi) is 6.24. The number of hydrogen-bond donors (Lipinski definition) is 0. The Balaban J connectivity index is 2.74. The Labute approximate surface area is 182 Å². The van der Waals surface area contributed by atoms with E-state index in [4.69, 9.17) is 4.74 Å². The minimum Gasteiger partial charge on any atom is -0.465 e. The van der Waals surface area contributed by atoms with Gasteiger partial charge in [0.05, 0.1) is 24.7 Å². The lowest BCUT2D eigenvalue weighted by Gasteiger charge is -2.41. The van der Waals surface area contributed by atoms with Gasteiger partial charge >= 0.3 is 16.2 Å². The first-order chi connectivity index (χ1) is 14.3. The molecule has 0 radical (unpaired) electrons. The van der Waals surface area contributed by atoms with E-state index < -0.39 is 63.3 Å². The molecule has 0 fully saturated rings. The zero-order chi connectivity index (χ0) is 24.8. The average Bonchev–Trinajstić information content (AvgIpc) is 2.64. The van der Waals surface area contributed by atoms with Crippen LogP contribution in [0.1, 0.15) is 15.9 Å². The predicted octanol–water partition coefficient (Wildman–Crippen LogP) is 5.30. The molecule has 0 spiro atoms. The van der Waals surface area contributed by atoms with Crippen molar-refractivity contribution in [2.75, 3.05) is 20.5 Å². The van der Waals surface area contributed by atoms with Crippen LogP contribution in [-0.2, 0) is 29.8 Å². The number of ether oxygens (including phenoxy) is 2. The number of carbonyl (C=O) groups excluding carboxylic acids is 1. The van der Waals surface area contributed by atoms with Gasteiger partial charge in [0.15, 0.2) is 20.9 Å². The highest BCUT2D eigenvalue weighted by Crippen LogP contribution is 3.02. The van der Waals surface area contributed by atoms with Crippen LogP contribution in [-0.4, -0.2) is 39.1 Å². The topological polar surface area (TPSA) is 96.0 Å². The molecule has 0 aliphatic carbocycles. The molecular weight excluding hydrogens is 507 g/mol. The van der Waals surface area contributed by atoms with Gasteiger partial charge in [0.2, 0.25) is 0 Å². The molecule has 180 valence electrons. The summed E-state index contributed by atoms with van der Waals surface area (Å²) in [6.07, 6.45) is 0.747. The van der Waals surface area contributed by atoms with Crippen LogP contribution < -0.4 is 4.74 Å². The molecular formula is C17H17F5O7S3. The van der Waals surface area contributed by atoms with Gasteiger partial charge in [-0.2, -0.15) is 0 Å². The lowest BCUT2D eigenvalue weighted by molar-refractivity contribution is 0.0599. The average molecular weight is 525 g/mol. The van der Waals surface area contributed by atoms with Crippen molar-refractivity contribution >= 4 is 37.1 Å². The first kappa shape index (κ1) is 26.0. The van der Waals surface area contributed by atoms with Gasteiger partial charge in [-0.05, 0) is 36.8 Å². The van der Waals surface area contributed by atoms with E-state index in [1.807, 2.05) is 0 Å². The lowest BCUT2D eigenvalue weighted by Crippen LogP contribution is -2.11. The number of aryl methyl sites for hydroxylation is 1. The highest BCUT2D eigenvalue weighted by molar-refractivity contribution is 8.45. The van der Waals surface area contributed by atoms with Crippen molar-refractivity contribution in [3.63, 3.8) is 0 Å². The van der Waals surface area contributed by atoms with E-state index in [9.17, 15) is 36.9 Å². The summed E-state index contributed by atoms with van der Waals surface area (Å²) in [6.45, 7) is 1.37. The third-order valence-corrected chi connectivity index (χ3v) is 7.42. The maximum Gasteiger partial charge on any atom is 0.338 e. The standard InChI is InChI=1S/C17H17F5O7S3/c1-10-7-13(15(31(4,25)26)9-12(10)17(23)27-2)29-11-5-6-14(30(24)28-3)16(8-11)32(18,19,20,21)22/h5-9H,1-4H3. The number of sulfone groups is 1. The van der Waals surface area contributed by atoms with Crippen molar-refractivity contribution < 1.29 is 50.5 Å². The van der Waals surface area contributed by atoms with Crippen molar-refractivity contribution in [3.05, 3.63) is 41.5 Å². The summed E-state index contributed by atoms with van der Waals surface area (Å²) in [7, 11) is -12.6. The summed E-state index contributed by atoms with van der Waals surface area (Å²) in [6, 6.07) is 3.09. The number of esters is 1. The van der Waals surface area contributed by atoms with E-state index >= 15 is 0 Å². The fraction of sp³-hybridized carbons (Fsp3) is 0.235. The Bertz CT molecular complexity index is 1230. The van der Waals surface area contributed by atoms with Crippen LogP contribution in [0, 0.1) is 6.92 Å². The molecule has 0 N–H and O–H groups in total. The van der Waals surface area contributed by atoms with Crippen LogP contribution in [0.5, 0.6) is 11.5 Å². The summed E-state index contributed by atoms with van der Waals surface area (Å²) < 4.78 is 118. The third-order valence-electron chi connectivity index (χ3n) is 3.99. The number of benzene rings is 2. The minimum absolute atomic E-state index is 0.0938. The van der Waals surface area contributed by atoms with E-state index in [0.717, 1.165) is 38.7 Å². The maximum atomic E-state index is 13.5. The quantitative estimate of drug-likeness (QED) is 0.358. The monoisotopic (exact) mass is 524 g/mol. The first-order valence-electron chi connectivity index (χ1n) is 8.23. The summed E-state index contributed by atoms with van der Waals surface area (Å²) in [5.74, 6) is -2.22. The summed E-state index contributed by atoms with van der Waals surface area (Å²) >= 11 is -2.86. The molecule has 0 bridgehead atoms. The van der Waals surface area contributed by atoms with Gasteiger partial charge in [-0.1, -0.05) is 19.4 Å². The highest BCUT2D eigenvalue weighted by Gasteiger charge is 2.67. The molecule has 0 saturated heterocycles. The molecule has 1 atom stereocenters. The van der Waals surface area contributed by atoms with Gasteiger partial charge in [0.25, 0.3) is 0 Å². The molecule has 32 heavy (non-hydrogen) atoms. The van der Waals surface area contributed by atoms with Crippen molar-refractivity contribution in [1.82, 2.24) is 0 Å². The maximum absolute atomic E-state index is 13.5. The van der Waals surface area contributed by atoms with Gasteiger partial charge in [-0.3, -0.25) is 4.18 Å². The summed E-state index contributed by atoms with van der Waals surface area (Å²) in [5, 5.41) is 0. The van der Waals surface area contributed by atoms with Gasteiger partial charge < -0.3 is 9.47 Å². The van der Waals surface area contributed by atoms with Crippen LogP contribution in [0.2, 0.25) is 0 Å². The molecule has 2 aromatic carbocycles. The molecule has 2 aromatic rings. The summed E-state index contributed by atoms with van der Waals surface area (Å²) in [4.78, 5) is 7.40. The lowest BCUT2D eigenvalue weighted by atomic mass is 10.1. The predicted molar refractivity (Wildman–Crippen MR) is 107 cm³/mol. The second-order valence-electron chi connectivity index (χ2n) is 6.46. The highest BCUT2D eigenvalue weighted by atomic mass is 32.5. The largest absolute Gasteiger partial charge is 0.465 e. The molecule has 0 aliphatic rings. The Morgan fingerprint density at radius 3 is 2.09 bits per heavy atom. The van der Waals surface area contributed by atoms with Gasteiger partial charge in [-0.25, -0.2) is 17.4 Å². The Hall–Kier alpha value is -2.23. The third kappa shape index (κ3) is 5.76. The number of halogens is 5. The second-order valence-corrected chi connectivity index (χ2v) is 12.1. The number of carbonyl (C=O) groups is 1. The van der Waals surface area contributed by atoms with E-state index in [2.05, 4.69) is 8.92 Å². The molecule has 2 rings (SSSR count). The summed E-state index contributed by atoms with van der Waals surface area (Å²) in [5.41, 5.74) is -0.0110. The van der Waals surface area contributed by atoms with E-state index in [0.29, 0.717) is 6.07 Å². The molecule has 0 heterocycles. The minimum atomic E-state index is -10.4. The van der Waals surface area contributed by atoms with Crippen LogP contribution in [0.15, 0.2) is 45.0 Å². The normalized spacial score (nSPS) is 15.4. The van der Waals surface area contributed by atoms with E-state index in [1.54, 1.807) is 0 Å². The smallest absolute Gasteiger partial charge is 0.338 e. The number of rotatable bonds is 7. The fourth-order valence-electron chi connectivity index (χ4n) is 2.57. The second kappa shape index (κ2) is 7.67. The molecule has 0 aliphatic heterocycles. The van der Waals surface area contributed by atoms with Crippen LogP contribution in [0.4, 0.5) is 19.4 Å². The van der Waals surface area contributed by atoms with Crippen molar-refractivity contribution in [2.45, 2.75) is 21.6 Å². The van der Waals surface area contributed by atoms with Crippen LogP contribution in [0.25, 0.3) is 0 Å². The van der Waals surface area contributed by atoms with Crippen molar-refractivity contribution in [1.29, 1.82) is 0 Å². The van der Waals surface area contributed by atoms with Gasteiger partial charge in [0.1, 0.15) is 21.3 Å². The first-order valence-corrected chi connectivity index (χ1v) is 13.2. The Morgan fingerprint density at radius 2 is 1.62 bits per heavy atom. The molecule has 0 saturated carbocycles. The fourth-order valence-corrected chi connectivity index (χ4v) is 5.41. The molecule has 1 unspecified atom stereocenters. The molecule has 0 aromatic heterocycles. The molecule has 7 nitrogen and oxygen atoms in total. The number of methoxy groups -OCH3 is 1. The van der Waals surface area contributed by atoms with Gasteiger partial charge in [-0.15, -0.1) is 0 Å². The van der Waals surface area contributed by atoms with Crippen LogP contribution in [0.3, 0.4) is 0 Å². The molecule has 15 heteroatoms. The van der Waals surface area contributed by atoms with Crippen molar-refractivity contribution in [3.8, 4) is 11.5 Å². The zero-order valence-electron chi connectivity index (χ0n) is 16.9. The molecule has 0 amide bonds. The van der Waals surface area contributed by atoms with Crippen molar-refractivity contribution in [2.24, 2.45) is 0 Å². The Morgan fingerprint density at radius 1 is 1.03 bits per heavy atom. The van der Waals surface area contributed by atoms with E-state index in [1.165, 1.54) is 6.92 Å². The van der Waals surface area contributed by atoms with Crippen LogP contribution >= 0.6 is 10.2 Å². The van der Waals surface area contributed by atoms with E-state index in [-0.39, 0.29) is 17.2 Å².